The van der Waals surface area contributed by atoms with Crippen LogP contribution in [0.5, 0.6) is 0 Å². The van der Waals surface area contributed by atoms with E-state index in [2.05, 4.69) is 5.32 Å². The number of hydrogen-bond acceptors (Lipinski definition) is 4. The Hall–Kier alpha value is -2.38. The van der Waals surface area contributed by atoms with Crippen LogP contribution in [0.25, 0.3) is 0 Å². The molecule has 26 heavy (non-hydrogen) atoms. The number of hydrogen-bond donors (Lipinski definition) is 1. The molecule has 1 fully saturated rings. The molecule has 1 heterocycles. The number of anilines is 2. The van der Waals surface area contributed by atoms with Crippen LogP contribution >= 0.6 is 11.6 Å². The molecule has 1 atom stereocenters. The van der Waals surface area contributed by atoms with Gasteiger partial charge in [-0.1, -0.05) is 18.5 Å². The molecule has 0 spiro atoms. The largest absolute Gasteiger partial charge is 0.322 e. The van der Waals surface area contributed by atoms with E-state index in [1.165, 1.54) is 24.3 Å². The van der Waals surface area contributed by atoms with Crippen molar-refractivity contribution >= 4 is 44.8 Å². The summed E-state index contributed by atoms with van der Waals surface area (Å²) in [5, 5.41) is 3.36. The van der Waals surface area contributed by atoms with Crippen LogP contribution in [0, 0.1) is 12.8 Å². The monoisotopic (exact) mass is 392 g/mol. The number of aryl methyl sites for hydroxylation is 1. The summed E-state index contributed by atoms with van der Waals surface area (Å²) in [7, 11) is -3.66. The number of carbonyl (C=O) groups excluding carboxylic acids is 2. The Bertz CT molecular complexity index is 987. The van der Waals surface area contributed by atoms with Gasteiger partial charge in [0.2, 0.25) is 15.9 Å². The highest BCUT2D eigenvalue weighted by Gasteiger charge is 2.41. The molecule has 0 bridgehead atoms. The number of benzene rings is 2. The highest BCUT2D eigenvalue weighted by atomic mass is 35.5. The Labute approximate surface area is 156 Å². The maximum atomic E-state index is 12.4. The third kappa shape index (κ3) is 3.45. The van der Waals surface area contributed by atoms with E-state index in [0.29, 0.717) is 16.3 Å². The zero-order valence-electron chi connectivity index (χ0n) is 14.2. The fourth-order valence-electron chi connectivity index (χ4n) is 2.80. The van der Waals surface area contributed by atoms with E-state index in [1.54, 1.807) is 25.1 Å². The second-order valence-corrected chi connectivity index (χ2v) is 8.54. The summed E-state index contributed by atoms with van der Waals surface area (Å²) in [5.74, 6) is -1.58. The first-order valence-electron chi connectivity index (χ1n) is 7.93. The van der Waals surface area contributed by atoms with Gasteiger partial charge in [-0.3, -0.25) is 9.59 Å². The molecule has 1 N–H and O–H groups in total. The summed E-state index contributed by atoms with van der Waals surface area (Å²) in [6.45, 7) is 3.41. The van der Waals surface area contributed by atoms with Crippen molar-refractivity contribution < 1.29 is 18.0 Å². The Morgan fingerprint density at radius 3 is 2.38 bits per heavy atom. The fraction of sp³-hybridized carbons (Fsp3) is 0.222. The number of sulfonamides is 1. The van der Waals surface area contributed by atoms with Crippen LogP contribution in [-0.2, 0) is 14.8 Å². The predicted octanol–water partition coefficient (Wildman–Crippen LogP) is 3.21. The molecule has 0 aromatic heterocycles. The number of nitrogens with zero attached hydrogens (tertiary/aromatic N) is 1. The van der Waals surface area contributed by atoms with Crippen molar-refractivity contribution in [2.24, 2.45) is 5.92 Å². The van der Waals surface area contributed by atoms with Crippen LogP contribution < -0.4 is 9.62 Å². The molecule has 3 rings (SSSR count). The molecular formula is C18H17ClN2O4S. The van der Waals surface area contributed by atoms with E-state index in [-0.39, 0.29) is 17.3 Å². The van der Waals surface area contributed by atoms with Gasteiger partial charge in [0.1, 0.15) is 0 Å². The Kier molecular flexibility index (Phi) is 4.77. The number of halogens is 1. The molecule has 1 saturated heterocycles. The summed E-state index contributed by atoms with van der Waals surface area (Å²) >= 11 is 5.90. The summed E-state index contributed by atoms with van der Waals surface area (Å²) in [6.07, 6.45) is 0. The van der Waals surface area contributed by atoms with Crippen LogP contribution in [0.4, 0.5) is 11.4 Å². The highest BCUT2D eigenvalue weighted by molar-refractivity contribution is 7.94. The molecule has 1 aliphatic heterocycles. The zero-order valence-corrected chi connectivity index (χ0v) is 15.8. The molecule has 136 valence electrons. The lowest BCUT2D eigenvalue weighted by Crippen LogP contribution is -2.30. The molecular weight excluding hydrogens is 376 g/mol. The van der Waals surface area contributed by atoms with Gasteiger partial charge in [-0.2, -0.15) is 0 Å². The lowest BCUT2D eigenvalue weighted by atomic mass is 10.1. The first-order chi connectivity index (χ1) is 12.2. The van der Waals surface area contributed by atoms with E-state index < -0.39 is 21.8 Å². The van der Waals surface area contributed by atoms with Gasteiger partial charge in [0.15, 0.2) is 0 Å². The van der Waals surface area contributed by atoms with Gasteiger partial charge in [0.05, 0.1) is 17.4 Å². The normalized spacial score (nSPS) is 18.8. The van der Waals surface area contributed by atoms with E-state index in [1.807, 2.05) is 6.92 Å². The molecule has 1 aliphatic rings. The lowest BCUT2D eigenvalue weighted by molar-refractivity contribution is -0.119. The molecule has 0 radical (unpaired) electrons. The zero-order chi connectivity index (χ0) is 19.1. The van der Waals surface area contributed by atoms with Crippen LogP contribution in [0.2, 0.25) is 5.02 Å². The van der Waals surface area contributed by atoms with E-state index >= 15 is 0 Å². The molecule has 0 unspecified atom stereocenters. The van der Waals surface area contributed by atoms with Crippen molar-refractivity contribution in [1.29, 1.82) is 0 Å². The van der Waals surface area contributed by atoms with E-state index in [9.17, 15) is 18.0 Å². The van der Waals surface area contributed by atoms with Crippen molar-refractivity contribution in [2.75, 3.05) is 15.4 Å². The van der Waals surface area contributed by atoms with E-state index in [4.69, 9.17) is 11.6 Å². The van der Waals surface area contributed by atoms with Gasteiger partial charge in [0, 0.05) is 16.3 Å². The number of rotatable bonds is 3. The molecule has 2 aromatic rings. The van der Waals surface area contributed by atoms with Gasteiger partial charge in [-0.05, 0) is 55.0 Å². The number of carbonyl (C=O) groups is 2. The van der Waals surface area contributed by atoms with E-state index in [0.717, 1.165) is 9.87 Å². The third-order valence-corrected chi connectivity index (χ3v) is 6.26. The number of amides is 2. The van der Waals surface area contributed by atoms with Gasteiger partial charge in [0.25, 0.3) is 5.91 Å². The second-order valence-electron chi connectivity index (χ2n) is 6.24. The molecule has 0 aliphatic carbocycles. The molecule has 2 amide bonds. The average molecular weight is 393 g/mol. The summed E-state index contributed by atoms with van der Waals surface area (Å²) in [6, 6.07) is 11.0. The minimum absolute atomic E-state index is 0.204. The van der Waals surface area contributed by atoms with Crippen molar-refractivity contribution in [3.63, 3.8) is 0 Å². The van der Waals surface area contributed by atoms with Crippen molar-refractivity contribution in [2.45, 2.75) is 13.8 Å². The topological polar surface area (TPSA) is 83.6 Å². The fourth-order valence-corrected chi connectivity index (χ4v) is 4.84. The van der Waals surface area contributed by atoms with Crippen molar-refractivity contribution in [3.8, 4) is 0 Å². The van der Waals surface area contributed by atoms with Crippen LogP contribution in [0.1, 0.15) is 22.8 Å². The highest BCUT2D eigenvalue weighted by Crippen LogP contribution is 2.28. The van der Waals surface area contributed by atoms with Crippen molar-refractivity contribution in [3.05, 3.63) is 58.6 Å². The Morgan fingerprint density at radius 2 is 1.85 bits per heavy atom. The number of nitrogens with one attached hydrogen (secondary N) is 1. The third-order valence-electron chi connectivity index (χ3n) is 4.16. The first kappa shape index (κ1) is 18.4. The smallest absolute Gasteiger partial charge is 0.255 e. The molecule has 0 saturated carbocycles. The summed E-state index contributed by atoms with van der Waals surface area (Å²) in [4.78, 5) is 24.5. The predicted molar refractivity (Wildman–Crippen MR) is 101 cm³/mol. The van der Waals surface area contributed by atoms with Crippen LogP contribution in [0.15, 0.2) is 42.5 Å². The van der Waals surface area contributed by atoms with Gasteiger partial charge >= 0.3 is 0 Å². The maximum Gasteiger partial charge on any atom is 0.255 e. The molecule has 2 aromatic carbocycles. The standard InChI is InChI=1S/C18H17ClN2O4S/c1-11-9-14(19)5-8-16(11)20-17(22)13-3-6-15(7-4-13)21-18(23)12(2)10-26(21,24)25/h3-9,12H,10H2,1-2H3,(H,20,22)/t12-/m1/s1. The summed E-state index contributed by atoms with van der Waals surface area (Å²) < 4.78 is 25.1. The van der Waals surface area contributed by atoms with Gasteiger partial charge in [-0.15, -0.1) is 0 Å². The first-order valence-corrected chi connectivity index (χ1v) is 9.92. The Morgan fingerprint density at radius 1 is 1.19 bits per heavy atom. The SMILES string of the molecule is Cc1cc(Cl)ccc1NC(=O)c1ccc(N2C(=O)[C@H](C)CS2(=O)=O)cc1. The average Bonchev–Trinajstić information content (AvgIpc) is 2.77. The van der Waals surface area contributed by atoms with Crippen LogP contribution in [0.3, 0.4) is 0 Å². The maximum absolute atomic E-state index is 12.4. The quantitative estimate of drug-likeness (QED) is 0.869. The van der Waals surface area contributed by atoms with Crippen molar-refractivity contribution in [1.82, 2.24) is 0 Å². The second kappa shape index (κ2) is 6.74. The lowest BCUT2D eigenvalue weighted by Gasteiger charge is -2.15. The minimum Gasteiger partial charge on any atom is -0.322 e. The van der Waals surface area contributed by atoms with Crippen LogP contribution in [-0.4, -0.2) is 26.0 Å². The molecule has 8 heteroatoms. The summed E-state index contributed by atoms with van der Waals surface area (Å²) in [5.41, 5.74) is 2.04. The molecule has 6 nitrogen and oxygen atoms in total. The van der Waals surface area contributed by atoms with Gasteiger partial charge in [-0.25, -0.2) is 12.7 Å². The Balaban J connectivity index is 1.81. The minimum atomic E-state index is -3.66. The van der Waals surface area contributed by atoms with Gasteiger partial charge < -0.3 is 5.32 Å².